The first-order valence-electron chi connectivity index (χ1n) is 6.12. The van der Waals surface area contributed by atoms with Crippen LogP contribution in [0, 0.1) is 5.95 Å². The molecule has 1 amide bonds. The molecule has 0 saturated carbocycles. The van der Waals surface area contributed by atoms with Gasteiger partial charge in [-0.3, -0.25) is 4.79 Å². The molecule has 0 saturated heterocycles. The van der Waals surface area contributed by atoms with Crippen molar-refractivity contribution in [3.8, 4) is 5.69 Å². The first-order valence-corrected chi connectivity index (χ1v) is 6.12. The van der Waals surface area contributed by atoms with Crippen LogP contribution in [-0.4, -0.2) is 25.9 Å². The lowest BCUT2D eigenvalue weighted by Gasteiger charge is -2.06. The average molecular weight is 283 g/mol. The molecular weight excluding hydrogens is 273 g/mol. The molecule has 0 radical (unpaired) electrons. The van der Waals surface area contributed by atoms with Gasteiger partial charge in [0.25, 0.3) is 5.91 Å². The number of hydrogen-bond donors (Lipinski definition) is 1. The number of benzene rings is 1. The van der Waals surface area contributed by atoms with E-state index in [1.807, 2.05) is 0 Å². The zero-order chi connectivity index (χ0) is 14.7. The zero-order valence-electron chi connectivity index (χ0n) is 10.8. The smallest absolute Gasteiger partial charge is 0.257 e. The molecule has 1 N–H and O–H groups in total. The molecule has 104 valence electrons. The van der Waals surface area contributed by atoms with Crippen LogP contribution in [0.4, 0.5) is 10.1 Å². The molecule has 21 heavy (non-hydrogen) atoms. The Morgan fingerprint density at radius 1 is 1.05 bits per heavy atom. The van der Waals surface area contributed by atoms with Crippen LogP contribution in [0.5, 0.6) is 0 Å². The van der Waals surface area contributed by atoms with Gasteiger partial charge in [0.2, 0.25) is 5.95 Å². The molecule has 6 nitrogen and oxygen atoms in total. The minimum Gasteiger partial charge on any atom is -0.322 e. The summed E-state index contributed by atoms with van der Waals surface area (Å²) in [5.74, 6) is -0.977. The van der Waals surface area contributed by atoms with Gasteiger partial charge in [-0.15, -0.1) is 0 Å². The maximum absolute atomic E-state index is 12.7. The van der Waals surface area contributed by atoms with E-state index in [0.717, 1.165) is 11.8 Å². The van der Waals surface area contributed by atoms with Crippen LogP contribution in [0.3, 0.4) is 0 Å². The van der Waals surface area contributed by atoms with Gasteiger partial charge in [-0.1, -0.05) is 0 Å². The average Bonchev–Trinajstić information content (AvgIpc) is 3.03. The van der Waals surface area contributed by atoms with Crippen molar-refractivity contribution in [2.45, 2.75) is 0 Å². The maximum Gasteiger partial charge on any atom is 0.257 e. The van der Waals surface area contributed by atoms with Crippen molar-refractivity contribution in [1.82, 2.24) is 20.0 Å². The van der Waals surface area contributed by atoms with Crippen molar-refractivity contribution in [2.75, 3.05) is 5.32 Å². The number of halogens is 1. The molecule has 3 aromatic rings. The van der Waals surface area contributed by atoms with Crippen LogP contribution in [0.1, 0.15) is 10.4 Å². The first-order chi connectivity index (χ1) is 10.2. The third-order valence-electron chi connectivity index (χ3n) is 2.76. The van der Waals surface area contributed by atoms with E-state index in [4.69, 9.17) is 0 Å². The summed E-state index contributed by atoms with van der Waals surface area (Å²) in [6.07, 6.45) is 4.35. The highest BCUT2D eigenvalue weighted by atomic mass is 19.1. The Labute approximate surface area is 119 Å². The molecule has 0 unspecified atom stereocenters. The van der Waals surface area contributed by atoms with Crippen molar-refractivity contribution in [3.63, 3.8) is 0 Å². The third-order valence-corrected chi connectivity index (χ3v) is 2.76. The molecule has 0 fully saturated rings. The molecule has 0 aliphatic rings. The van der Waals surface area contributed by atoms with E-state index in [9.17, 15) is 9.18 Å². The molecule has 2 aromatic heterocycles. The van der Waals surface area contributed by atoms with Crippen molar-refractivity contribution in [2.24, 2.45) is 0 Å². The summed E-state index contributed by atoms with van der Waals surface area (Å²) >= 11 is 0. The van der Waals surface area contributed by atoms with Gasteiger partial charge < -0.3 is 5.32 Å². The van der Waals surface area contributed by atoms with Gasteiger partial charge in [-0.25, -0.2) is 4.98 Å². The van der Waals surface area contributed by atoms with Gasteiger partial charge in [0.1, 0.15) is 0 Å². The van der Waals surface area contributed by atoms with Gasteiger partial charge in [0.05, 0.1) is 23.6 Å². The lowest BCUT2D eigenvalue weighted by atomic mass is 10.2. The highest BCUT2D eigenvalue weighted by Gasteiger charge is 2.07. The summed E-state index contributed by atoms with van der Waals surface area (Å²) in [6, 6.07) is 9.53. The Balaban J connectivity index is 1.73. The van der Waals surface area contributed by atoms with E-state index >= 15 is 0 Å². The molecule has 0 aliphatic carbocycles. The summed E-state index contributed by atoms with van der Waals surface area (Å²) < 4.78 is 12.7. The topological polar surface area (TPSA) is 72.7 Å². The van der Waals surface area contributed by atoms with E-state index in [2.05, 4.69) is 20.5 Å². The van der Waals surface area contributed by atoms with E-state index < -0.39 is 5.95 Å². The largest absolute Gasteiger partial charge is 0.322 e. The van der Waals surface area contributed by atoms with E-state index in [-0.39, 0.29) is 11.5 Å². The number of aromatic nitrogens is 4. The number of amides is 1. The Hall–Kier alpha value is -3.09. The van der Waals surface area contributed by atoms with Gasteiger partial charge >= 0.3 is 0 Å². The number of pyridine rings is 1. The number of carbonyl (C=O) groups is 1. The van der Waals surface area contributed by atoms with Gasteiger partial charge in [0, 0.05) is 11.9 Å². The third kappa shape index (κ3) is 2.92. The summed E-state index contributed by atoms with van der Waals surface area (Å²) in [5.41, 5.74) is 1.68. The van der Waals surface area contributed by atoms with Gasteiger partial charge in [-0.05, 0) is 36.4 Å². The minimum atomic E-state index is -0.623. The molecule has 2 heterocycles. The van der Waals surface area contributed by atoms with Crippen LogP contribution in [0.15, 0.2) is 55.0 Å². The standard InChI is InChI=1S/C14H10FN5O/c15-13-6-1-10(9-16-13)14(21)19-11-2-4-12(5-3-11)20-17-7-8-18-20/h1-9H,(H,19,21). The van der Waals surface area contributed by atoms with Gasteiger partial charge in [0.15, 0.2) is 0 Å². The van der Waals surface area contributed by atoms with Crippen molar-refractivity contribution in [3.05, 3.63) is 66.5 Å². The number of carbonyl (C=O) groups excluding carboxylic acids is 1. The monoisotopic (exact) mass is 283 g/mol. The lowest BCUT2D eigenvalue weighted by Crippen LogP contribution is -2.12. The molecule has 3 rings (SSSR count). The Morgan fingerprint density at radius 2 is 1.76 bits per heavy atom. The fourth-order valence-corrected chi connectivity index (χ4v) is 1.74. The number of anilines is 1. The second-order valence-corrected chi connectivity index (χ2v) is 4.19. The fraction of sp³-hybridized carbons (Fsp3) is 0. The molecule has 1 aromatic carbocycles. The summed E-state index contributed by atoms with van der Waals surface area (Å²) in [7, 11) is 0. The SMILES string of the molecule is O=C(Nc1ccc(-n2nccn2)cc1)c1ccc(F)nc1. The predicted molar refractivity (Wildman–Crippen MR) is 73.5 cm³/mol. The molecule has 0 aliphatic heterocycles. The quantitative estimate of drug-likeness (QED) is 0.747. The summed E-state index contributed by atoms with van der Waals surface area (Å²) in [6.45, 7) is 0. The van der Waals surface area contributed by atoms with Crippen molar-refractivity contribution in [1.29, 1.82) is 0 Å². The highest BCUT2D eigenvalue weighted by Crippen LogP contribution is 2.13. The zero-order valence-corrected chi connectivity index (χ0v) is 10.8. The van der Waals surface area contributed by atoms with Crippen LogP contribution in [0.25, 0.3) is 5.69 Å². The Bertz CT molecular complexity index is 738. The van der Waals surface area contributed by atoms with Crippen LogP contribution in [0.2, 0.25) is 0 Å². The van der Waals surface area contributed by atoms with Crippen molar-refractivity contribution < 1.29 is 9.18 Å². The van der Waals surface area contributed by atoms with Crippen molar-refractivity contribution >= 4 is 11.6 Å². The maximum atomic E-state index is 12.7. The van der Waals surface area contributed by atoms with Crippen LogP contribution >= 0.6 is 0 Å². The molecule has 0 bridgehead atoms. The summed E-state index contributed by atoms with van der Waals surface area (Å²) in [4.78, 5) is 16.8. The fourth-order valence-electron chi connectivity index (χ4n) is 1.74. The highest BCUT2D eigenvalue weighted by molar-refractivity contribution is 6.04. The number of nitrogens with zero attached hydrogens (tertiary/aromatic N) is 4. The number of hydrogen-bond acceptors (Lipinski definition) is 4. The van der Waals surface area contributed by atoms with Gasteiger partial charge in [-0.2, -0.15) is 19.4 Å². The first kappa shape index (κ1) is 12.9. The number of rotatable bonds is 3. The minimum absolute atomic E-state index is 0.286. The molecule has 7 heteroatoms. The molecule has 0 atom stereocenters. The predicted octanol–water partition coefficient (Wildman–Crippen LogP) is 2.05. The Kier molecular flexibility index (Phi) is 3.38. The summed E-state index contributed by atoms with van der Waals surface area (Å²) in [5, 5.41) is 10.7. The van der Waals surface area contributed by atoms with E-state index in [1.165, 1.54) is 17.1 Å². The van der Waals surface area contributed by atoms with E-state index in [1.54, 1.807) is 36.7 Å². The number of nitrogens with one attached hydrogen (secondary N) is 1. The molecular formula is C14H10FN5O. The molecule has 0 spiro atoms. The second kappa shape index (κ2) is 5.49. The Morgan fingerprint density at radius 3 is 2.38 bits per heavy atom. The second-order valence-electron chi connectivity index (χ2n) is 4.19. The van der Waals surface area contributed by atoms with Crippen LogP contribution < -0.4 is 5.32 Å². The lowest BCUT2D eigenvalue weighted by molar-refractivity contribution is 0.102. The van der Waals surface area contributed by atoms with Crippen LogP contribution in [-0.2, 0) is 0 Å². The normalized spacial score (nSPS) is 10.3. The van der Waals surface area contributed by atoms with E-state index in [0.29, 0.717) is 5.69 Å².